The third kappa shape index (κ3) is 2.88. The first-order chi connectivity index (χ1) is 9.51. The van der Waals surface area contributed by atoms with E-state index in [9.17, 15) is 4.79 Å². The molecule has 0 unspecified atom stereocenters. The summed E-state index contributed by atoms with van der Waals surface area (Å²) in [4.78, 5) is 10.7. The second kappa shape index (κ2) is 5.61. The number of carbonyl (C=O) groups is 1. The maximum absolute atomic E-state index is 10.7. The first kappa shape index (κ1) is 13.9. The summed E-state index contributed by atoms with van der Waals surface area (Å²) in [5.74, 6) is -0.230. The van der Waals surface area contributed by atoms with Crippen molar-refractivity contribution in [1.29, 1.82) is 0 Å². The third-order valence-electron chi connectivity index (χ3n) is 3.01. The van der Waals surface area contributed by atoms with Gasteiger partial charge in [0.1, 0.15) is 5.75 Å². The molecular weight excluding hydrogens is 256 g/mol. The molecule has 1 heterocycles. The second-order valence-electron chi connectivity index (χ2n) is 4.48. The van der Waals surface area contributed by atoms with Crippen LogP contribution in [0, 0.1) is 0 Å². The number of carboxylic acid groups (broad SMARTS) is 1. The molecule has 20 heavy (non-hydrogen) atoms. The number of aliphatic carboxylic acids is 1. The van der Waals surface area contributed by atoms with Crippen molar-refractivity contribution in [2.24, 2.45) is 7.05 Å². The number of ether oxygens (including phenoxy) is 1. The van der Waals surface area contributed by atoms with Gasteiger partial charge in [-0.05, 0) is 30.2 Å². The van der Waals surface area contributed by atoms with E-state index in [1.165, 1.54) is 6.08 Å². The molecule has 0 aliphatic heterocycles. The molecule has 2 rings (SSSR count). The lowest BCUT2D eigenvalue weighted by atomic mass is 10.0. The van der Waals surface area contributed by atoms with Gasteiger partial charge in [0, 0.05) is 30.4 Å². The molecule has 1 N–H and O–H groups in total. The molecule has 0 amide bonds. The van der Waals surface area contributed by atoms with Crippen molar-refractivity contribution >= 4 is 11.5 Å². The monoisotopic (exact) mass is 272 g/mol. The van der Waals surface area contributed by atoms with Crippen LogP contribution < -0.4 is 4.74 Å². The van der Waals surface area contributed by atoms with Crippen LogP contribution in [-0.4, -0.2) is 28.0 Å². The van der Waals surface area contributed by atoms with Crippen LogP contribution in [-0.2, 0) is 11.8 Å². The molecule has 5 nitrogen and oxygen atoms in total. The van der Waals surface area contributed by atoms with E-state index in [0.29, 0.717) is 5.57 Å². The molecule has 0 radical (unpaired) electrons. The average molecular weight is 272 g/mol. The summed E-state index contributed by atoms with van der Waals surface area (Å²) in [6, 6.07) is 5.58. The van der Waals surface area contributed by atoms with Gasteiger partial charge in [0.15, 0.2) is 0 Å². The number of allylic oxidation sites excluding steroid dienone is 1. The topological polar surface area (TPSA) is 64.3 Å². The van der Waals surface area contributed by atoms with Crippen LogP contribution in [0.25, 0.3) is 16.7 Å². The summed E-state index contributed by atoms with van der Waals surface area (Å²) < 4.78 is 7.06. The van der Waals surface area contributed by atoms with Gasteiger partial charge in [-0.1, -0.05) is 6.07 Å². The number of hydrogen-bond donors (Lipinski definition) is 1. The van der Waals surface area contributed by atoms with E-state index in [1.807, 2.05) is 31.4 Å². The van der Waals surface area contributed by atoms with Crippen LogP contribution in [0.1, 0.15) is 12.5 Å². The Morgan fingerprint density at radius 2 is 2.20 bits per heavy atom. The van der Waals surface area contributed by atoms with Gasteiger partial charge in [-0.25, -0.2) is 4.79 Å². The third-order valence-corrected chi connectivity index (χ3v) is 3.01. The summed E-state index contributed by atoms with van der Waals surface area (Å²) in [5.41, 5.74) is 3.34. The number of benzene rings is 1. The smallest absolute Gasteiger partial charge is 0.328 e. The number of aryl methyl sites for hydroxylation is 1. The van der Waals surface area contributed by atoms with Crippen LogP contribution >= 0.6 is 0 Å². The molecule has 0 aliphatic rings. The number of rotatable bonds is 4. The number of carboxylic acids is 1. The van der Waals surface area contributed by atoms with Gasteiger partial charge in [0.25, 0.3) is 0 Å². The minimum absolute atomic E-state index is 0.685. The molecule has 2 aromatic rings. The highest BCUT2D eigenvalue weighted by Crippen LogP contribution is 2.32. The highest BCUT2D eigenvalue weighted by atomic mass is 16.5. The quantitative estimate of drug-likeness (QED) is 0.869. The first-order valence-electron chi connectivity index (χ1n) is 6.10. The molecule has 0 spiro atoms. The molecular formula is C15H16N2O3. The van der Waals surface area contributed by atoms with E-state index < -0.39 is 5.97 Å². The van der Waals surface area contributed by atoms with Crippen molar-refractivity contribution in [1.82, 2.24) is 9.78 Å². The van der Waals surface area contributed by atoms with Crippen molar-refractivity contribution in [2.45, 2.75) is 6.92 Å². The fourth-order valence-electron chi connectivity index (χ4n) is 2.01. The molecule has 0 saturated carbocycles. The Morgan fingerprint density at radius 3 is 2.75 bits per heavy atom. The zero-order chi connectivity index (χ0) is 14.7. The van der Waals surface area contributed by atoms with E-state index in [-0.39, 0.29) is 0 Å². The lowest BCUT2D eigenvalue weighted by molar-refractivity contribution is -0.131. The normalized spacial score (nSPS) is 11.4. The van der Waals surface area contributed by atoms with Crippen LogP contribution in [0.5, 0.6) is 5.75 Å². The molecule has 5 heteroatoms. The molecule has 0 aliphatic carbocycles. The van der Waals surface area contributed by atoms with Crippen LogP contribution in [0.4, 0.5) is 0 Å². The maximum atomic E-state index is 10.7. The SMILES string of the molecule is COc1ccc(/C(C)=C/C(=O)O)cc1-c1cnn(C)c1. The lowest BCUT2D eigenvalue weighted by Crippen LogP contribution is -1.92. The Bertz CT molecular complexity index is 672. The summed E-state index contributed by atoms with van der Waals surface area (Å²) in [5, 5.41) is 13.0. The second-order valence-corrected chi connectivity index (χ2v) is 4.48. The molecule has 1 aromatic heterocycles. The molecule has 0 atom stereocenters. The predicted octanol–water partition coefficient (Wildman–Crippen LogP) is 2.58. The van der Waals surface area contributed by atoms with Crippen LogP contribution in [0.3, 0.4) is 0 Å². The van der Waals surface area contributed by atoms with E-state index >= 15 is 0 Å². The minimum atomic E-state index is -0.957. The maximum Gasteiger partial charge on any atom is 0.328 e. The number of methoxy groups -OCH3 is 1. The largest absolute Gasteiger partial charge is 0.496 e. The van der Waals surface area contributed by atoms with Gasteiger partial charge in [-0.3, -0.25) is 4.68 Å². The zero-order valence-electron chi connectivity index (χ0n) is 11.6. The Hall–Kier alpha value is -2.56. The Morgan fingerprint density at radius 1 is 1.45 bits per heavy atom. The summed E-state index contributed by atoms with van der Waals surface area (Å²) in [6.07, 6.45) is 4.82. The molecule has 104 valence electrons. The van der Waals surface area contributed by atoms with Crippen molar-refractivity contribution in [3.63, 3.8) is 0 Å². The van der Waals surface area contributed by atoms with Gasteiger partial charge >= 0.3 is 5.97 Å². The van der Waals surface area contributed by atoms with Crippen LogP contribution in [0.15, 0.2) is 36.7 Å². The van der Waals surface area contributed by atoms with E-state index in [0.717, 1.165) is 22.4 Å². The fourth-order valence-corrected chi connectivity index (χ4v) is 2.01. The molecule has 0 bridgehead atoms. The summed E-state index contributed by atoms with van der Waals surface area (Å²) >= 11 is 0. The van der Waals surface area contributed by atoms with E-state index in [4.69, 9.17) is 9.84 Å². The average Bonchev–Trinajstić information content (AvgIpc) is 2.83. The summed E-state index contributed by atoms with van der Waals surface area (Å²) in [6.45, 7) is 1.77. The van der Waals surface area contributed by atoms with Crippen molar-refractivity contribution in [3.05, 3.63) is 42.2 Å². The Balaban J connectivity index is 2.52. The van der Waals surface area contributed by atoms with Crippen molar-refractivity contribution < 1.29 is 14.6 Å². The van der Waals surface area contributed by atoms with E-state index in [1.54, 1.807) is 24.9 Å². The minimum Gasteiger partial charge on any atom is -0.496 e. The van der Waals surface area contributed by atoms with Gasteiger partial charge in [0.2, 0.25) is 0 Å². The molecule has 1 aromatic carbocycles. The number of hydrogen-bond acceptors (Lipinski definition) is 3. The van der Waals surface area contributed by atoms with Gasteiger partial charge in [-0.15, -0.1) is 0 Å². The van der Waals surface area contributed by atoms with Gasteiger partial charge in [0.05, 0.1) is 13.3 Å². The predicted molar refractivity (Wildman–Crippen MR) is 76.5 cm³/mol. The number of aromatic nitrogens is 2. The Labute approximate surface area is 117 Å². The molecule has 0 fully saturated rings. The lowest BCUT2D eigenvalue weighted by Gasteiger charge is -2.09. The standard InChI is InChI=1S/C15H16N2O3/c1-10(6-15(18)19)11-4-5-14(20-3)13(7-11)12-8-16-17(2)9-12/h4-9H,1-3H3,(H,18,19)/b10-6+. The highest BCUT2D eigenvalue weighted by Gasteiger charge is 2.10. The van der Waals surface area contributed by atoms with Crippen LogP contribution in [0.2, 0.25) is 0 Å². The highest BCUT2D eigenvalue weighted by molar-refractivity contribution is 5.90. The van der Waals surface area contributed by atoms with Crippen molar-refractivity contribution in [2.75, 3.05) is 7.11 Å². The van der Waals surface area contributed by atoms with Gasteiger partial charge in [-0.2, -0.15) is 5.10 Å². The first-order valence-corrected chi connectivity index (χ1v) is 6.10. The van der Waals surface area contributed by atoms with E-state index in [2.05, 4.69) is 5.10 Å². The fraction of sp³-hybridized carbons (Fsp3) is 0.200. The number of nitrogens with zero attached hydrogens (tertiary/aromatic N) is 2. The zero-order valence-corrected chi connectivity index (χ0v) is 11.6. The van der Waals surface area contributed by atoms with Gasteiger partial charge < -0.3 is 9.84 Å². The Kier molecular flexibility index (Phi) is 3.89. The molecule has 0 saturated heterocycles. The van der Waals surface area contributed by atoms with Crippen molar-refractivity contribution in [3.8, 4) is 16.9 Å². The summed E-state index contributed by atoms with van der Waals surface area (Å²) in [7, 11) is 3.45.